The van der Waals surface area contributed by atoms with Gasteiger partial charge in [-0.1, -0.05) is 12.1 Å². The maximum atomic E-state index is 8.91. The van der Waals surface area contributed by atoms with Gasteiger partial charge in [0.25, 0.3) is 0 Å². The average molecular weight is 356 g/mol. The van der Waals surface area contributed by atoms with Crippen LogP contribution in [0.2, 0.25) is 0 Å². The Morgan fingerprint density at radius 1 is 1.25 bits per heavy atom. The summed E-state index contributed by atoms with van der Waals surface area (Å²) < 4.78 is 7.08. The molecule has 0 saturated carbocycles. The number of hydrogen-bond acceptors (Lipinski definition) is 4. The highest BCUT2D eigenvalue weighted by Crippen LogP contribution is 2.32. The van der Waals surface area contributed by atoms with E-state index in [2.05, 4.69) is 15.9 Å². The van der Waals surface area contributed by atoms with Crippen molar-refractivity contribution >= 4 is 27.3 Å². The zero-order valence-electron chi connectivity index (χ0n) is 11.3. The van der Waals surface area contributed by atoms with Crippen LogP contribution in [0.15, 0.2) is 40.2 Å². The highest BCUT2D eigenvalue weighted by atomic mass is 79.9. The molecule has 108 valence electrons. The standard InChI is InChI=1S/C15H18BrNO2S/c1-10(17)15(13-6-7-14(16)20-13)19-12-4-2-11(3-5-12)8-9-18/h2-7,10,15,18H,8-9,17H2,1H3. The van der Waals surface area contributed by atoms with Crippen LogP contribution in [-0.4, -0.2) is 17.8 Å². The number of thiophene rings is 1. The smallest absolute Gasteiger partial charge is 0.148 e. The summed E-state index contributed by atoms with van der Waals surface area (Å²) in [5.74, 6) is 0.790. The lowest BCUT2D eigenvalue weighted by Crippen LogP contribution is -2.28. The van der Waals surface area contributed by atoms with Gasteiger partial charge in [0.1, 0.15) is 11.9 Å². The lowest BCUT2D eigenvalue weighted by Gasteiger charge is -2.21. The van der Waals surface area contributed by atoms with E-state index >= 15 is 0 Å². The molecule has 2 rings (SSSR count). The molecule has 2 unspecified atom stereocenters. The molecule has 0 fully saturated rings. The molecule has 20 heavy (non-hydrogen) atoms. The Morgan fingerprint density at radius 3 is 2.45 bits per heavy atom. The molecule has 1 heterocycles. The van der Waals surface area contributed by atoms with Crippen molar-refractivity contribution in [1.82, 2.24) is 0 Å². The number of aliphatic hydroxyl groups is 1. The molecule has 0 bridgehead atoms. The molecule has 0 aliphatic rings. The molecule has 2 aromatic rings. The molecule has 5 heteroatoms. The summed E-state index contributed by atoms with van der Waals surface area (Å²) >= 11 is 5.09. The second-order valence-electron chi connectivity index (χ2n) is 4.66. The fourth-order valence-electron chi connectivity index (χ4n) is 1.92. The minimum atomic E-state index is -0.157. The van der Waals surface area contributed by atoms with Gasteiger partial charge in [-0.2, -0.15) is 0 Å². The Morgan fingerprint density at radius 2 is 1.95 bits per heavy atom. The summed E-state index contributed by atoms with van der Waals surface area (Å²) in [7, 11) is 0. The first-order valence-electron chi connectivity index (χ1n) is 6.47. The summed E-state index contributed by atoms with van der Waals surface area (Å²) in [6.07, 6.45) is 0.504. The number of ether oxygens (including phenoxy) is 1. The molecular weight excluding hydrogens is 338 g/mol. The van der Waals surface area contributed by atoms with Crippen molar-refractivity contribution in [2.24, 2.45) is 5.73 Å². The van der Waals surface area contributed by atoms with Gasteiger partial charge >= 0.3 is 0 Å². The van der Waals surface area contributed by atoms with E-state index in [1.807, 2.05) is 43.3 Å². The highest BCUT2D eigenvalue weighted by Gasteiger charge is 2.20. The molecule has 0 spiro atoms. The molecule has 0 amide bonds. The van der Waals surface area contributed by atoms with Gasteiger partial charge in [0.05, 0.1) is 3.79 Å². The molecule has 0 radical (unpaired) electrons. The summed E-state index contributed by atoms with van der Waals surface area (Å²) in [6.45, 7) is 2.10. The van der Waals surface area contributed by atoms with E-state index in [1.165, 1.54) is 0 Å². The third kappa shape index (κ3) is 4.06. The first-order chi connectivity index (χ1) is 9.60. The Hall–Kier alpha value is -0.880. The monoisotopic (exact) mass is 355 g/mol. The number of rotatable bonds is 6. The third-order valence-electron chi connectivity index (χ3n) is 2.94. The fourth-order valence-corrected chi connectivity index (χ4v) is 3.49. The normalized spacial score (nSPS) is 14.0. The van der Waals surface area contributed by atoms with E-state index < -0.39 is 0 Å². The van der Waals surface area contributed by atoms with E-state index in [4.69, 9.17) is 15.6 Å². The van der Waals surface area contributed by atoms with Crippen LogP contribution < -0.4 is 10.5 Å². The fraction of sp³-hybridized carbons (Fsp3) is 0.333. The summed E-state index contributed by atoms with van der Waals surface area (Å²) in [5.41, 5.74) is 7.13. The van der Waals surface area contributed by atoms with Crippen molar-refractivity contribution in [2.45, 2.75) is 25.5 Å². The van der Waals surface area contributed by atoms with Crippen LogP contribution in [0, 0.1) is 0 Å². The van der Waals surface area contributed by atoms with Crippen molar-refractivity contribution in [3.63, 3.8) is 0 Å². The van der Waals surface area contributed by atoms with Gasteiger partial charge in [0.2, 0.25) is 0 Å². The maximum absolute atomic E-state index is 8.91. The zero-order valence-corrected chi connectivity index (χ0v) is 13.7. The predicted molar refractivity (Wildman–Crippen MR) is 86.3 cm³/mol. The molecule has 2 atom stereocenters. The number of aliphatic hydroxyl groups excluding tert-OH is 1. The van der Waals surface area contributed by atoms with Crippen LogP contribution in [0.1, 0.15) is 23.5 Å². The lowest BCUT2D eigenvalue weighted by atomic mass is 10.1. The lowest BCUT2D eigenvalue weighted by molar-refractivity contribution is 0.184. The number of nitrogens with two attached hydrogens (primary N) is 1. The zero-order chi connectivity index (χ0) is 14.5. The minimum absolute atomic E-state index is 0.0994. The van der Waals surface area contributed by atoms with E-state index in [0.717, 1.165) is 20.0 Å². The second kappa shape index (κ2) is 7.22. The van der Waals surface area contributed by atoms with Crippen molar-refractivity contribution in [1.29, 1.82) is 0 Å². The Labute approximate surface area is 131 Å². The van der Waals surface area contributed by atoms with E-state index in [-0.39, 0.29) is 18.8 Å². The average Bonchev–Trinajstić information content (AvgIpc) is 2.84. The van der Waals surface area contributed by atoms with Crippen LogP contribution in [0.3, 0.4) is 0 Å². The SMILES string of the molecule is CC(N)C(Oc1ccc(CCO)cc1)c1ccc(Br)s1. The van der Waals surface area contributed by atoms with Gasteiger partial charge in [-0.25, -0.2) is 0 Å². The van der Waals surface area contributed by atoms with Crippen LogP contribution in [-0.2, 0) is 6.42 Å². The Bertz CT molecular complexity index is 539. The van der Waals surface area contributed by atoms with Crippen molar-refractivity contribution < 1.29 is 9.84 Å². The summed E-state index contributed by atoms with van der Waals surface area (Å²) in [4.78, 5) is 1.10. The van der Waals surface area contributed by atoms with Gasteiger partial charge in [-0.15, -0.1) is 11.3 Å². The van der Waals surface area contributed by atoms with Gasteiger partial charge in [0.15, 0.2) is 0 Å². The van der Waals surface area contributed by atoms with Gasteiger partial charge < -0.3 is 15.6 Å². The Kier molecular flexibility index (Phi) is 5.60. The van der Waals surface area contributed by atoms with Crippen LogP contribution in [0.25, 0.3) is 0 Å². The maximum Gasteiger partial charge on any atom is 0.148 e. The van der Waals surface area contributed by atoms with E-state index in [1.54, 1.807) is 11.3 Å². The van der Waals surface area contributed by atoms with Crippen molar-refractivity contribution in [3.05, 3.63) is 50.6 Å². The van der Waals surface area contributed by atoms with Crippen LogP contribution in [0.5, 0.6) is 5.75 Å². The Balaban J connectivity index is 2.12. The quantitative estimate of drug-likeness (QED) is 0.833. The molecule has 1 aromatic carbocycles. The molecule has 1 aromatic heterocycles. The summed E-state index contributed by atoms with van der Waals surface area (Å²) in [6, 6.07) is 11.7. The predicted octanol–water partition coefficient (Wildman–Crippen LogP) is 3.51. The first kappa shape index (κ1) is 15.5. The van der Waals surface area contributed by atoms with Gasteiger partial charge in [0, 0.05) is 17.5 Å². The second-order valence-corrected chi connectivity index (χ2v) is 7.15. The number of halogens is 1. The van der Waals surface area contributed by atoms with Crippen molar-refractivity contribution in [2.75, 3.05) is 6.61 Å². The van der Waals surface area contributed by atoms with Gasteiger partial charge in [-0.3, -0.25) is 0 Å². The van der Waals surface area contributed by atoms with Crippen LogP contribution in [0.4, 0.5) is 0 Å². The molecule has 0 aliphatic heterocycles. The van der Waals surface area contributed by atoms with Gasteiger partial charge in [-0.05, 0) is 59.1 Å². The van der Waals surface area contributed by atoms with Crippen LogP contribution >= 0.6 is 27.3 Å². The summed E-state index contributed by atoms with van der Waals surface area (Å²) in [5, 5.41) is 8.91. The minimum Gasteiger partial charge on any atom is -0.483 e. The largest absolute Gasteiger partial charge is 0.483 e. The molecule has 0 aliphatic carbocycles. The molecule has 0 saturated heterocycles. The number of benzene rings is 1. The van der Waals surface area contributed by atoms with E-state index in [9.17, 15) is 0 Å². The topological polar surface area (TPSA) is 55.5 Å². The molecule has 3 N–H and O–H groups in total. The molecule has 3 nitrogen and oxygen atoms in total. The number of hydrogen-bond donors (Lipinski definition) is 2. The molecular formula is C15H18BrNO2S. The first-order valence-corrected chi connectivity index (χ1v) is 8.08. The third-order valence-corrected chi connectivity index (χ3v) is 4.62. The van der Waals surface area contributed by atoms with Crippen molar-refractivity contribution in [3.8, 4) is 5.75 Å². The van der Waals surface area contributed by atoms with E-state index in [0.29, 0.717) is 6.42 Å². The highest BCUT2D eigenvalue weighted by molar-refractivity contribution is 9.11.